The number of nitriles is 1. The first-order valence-electron chi connectivity index (χ1n) is 8.48. The lowest BCUT2D eigenvalue weighted by atomic mass is 9.93. The quantitative estimate of drug-likeness (QED) is 0.635. The molecule has 4 heteroatoms. The van der Waals surface area contributed by atoms with Crippen LogP contribution in [0.3, 0.4) is 0 Å². The summed E-state index contributed by atoms with van der Waals surface area (Å²) in [5.74, 6) is -0.0688. The largest absolute Gasteiger partial charge is 0.352 e. The summed E-state index contributed by atoms with van der Waals surface area (Å²) in [5, 5.41) is 12.3. The average molecular weight is 333 g/mol. The van der Waals surface area contributed by atoms with Crippen molar-refractivity contribution in [3.05, 3.63) is 58.9 Å². The summed E-state index contributed by atoms with van der Waals surface area (Å²) in [6, 6.07) is 9.74. The van der Waals surface area contributed by atoms with Gasteiger partial charge in [-0.25, -0.2) is 0 Å². The van der Waals surface area contributed by atoms with E-state index in [4.69, 9.17) is 0 Å². The molecule has 0 saturated carbocycles. The molecular formula is C21H23N3O. The summed E-state index contributed by atoms with van der Waals surface area (Å²) >= 11 is 0. The highest BCUT2D eigenvalue weighted by Gasteiger charge is 2.10. The monoisotopic (exact) mass is 333 g/mol. The van der Waals surface area contributed by atoms with Gasteiger partial charge in [0.15, 0.2) is 0 Å². The maximum absolute atomic E-state index is 12.2. The van der Waals surface area contributed by atoms with Crippen molar-refractivity contribution in [1.82, 2.24) is 10.3 Å². The molecular weight excluding hydrogens is 310 g/mol. The van der Waals surface area contributed by atoms with E-state index in [1.807, 2.05) is 37.3 Å². The van der Waals surface area contributed by atoms with Crippen LogP contribution in [0.15, 0.2) is 42.2 Å². The minimum Gasteiger partial charge on any atom is -0.352 e. The van der Waals surface area contributed by atoms with E-state index in [0.717, 1.165) is 35.1 Å². The molecule has 1 N–H and O–H groups in total. The van der Waals surface area contributed by atoms with Gasteiger partial charge < -0.3 is 5.32 Å². The van der Waals surface area contributed by atoms with Gasteiger partial charge in [-0.3, -0.25) is 9.78 Å². The molecule has 0 aliphatic heterocycles. The molecule has 25 heavy (non-hydrogen) atoms. The van der Waals surface area contributed by atoms with E-state index >= 15 is 0 Å². The molecule has 1 amide bonds. The second-order valence-electron chi connectivity index (χ2n) is 6.02. The molecule has 0 radical (unpaired) electrons. The zero-order chi connectivity index (χ0) is 18.2. The summed E-state index contributed by atoms with van der Waals surface area (Å²) in [4.78, 5) is 16.2. The molecule has 128 valence electrons. The fourth-order valence-corrected chi connectivity index (χ4v) is 2.60. The Morgan fingerprint density at radius 2 is 2.04 bits per heavy atom. The third kappa shape index (κ3) is 4.77. The summed E-state index contributed by atoms with van der Waals surface area (Å²) in [7, 11) is 0. The Morgan fingerprint density at radius 3 is 2.68 bits per heavy atom. The Kier molecular flexibility index (Phi) is 6.47. The van der Waals surface area contributed by atoms with Crippen LogP contribution in [0, 0.1) is 18.3 Å². The van der Waals surface area contributed by atoms with Crippen LogP contribution in [0.5, 0.6) is 0 Å². The van der Waals surface area contributed by atoms with Crippen LogP contribution >= 0.6 is 0 Å². The number of hydrogen-bond donors (Lipinski definition) is 1. The predicted octanol–water partition coefficient (Wildman–Crippen LogP) is 4.25. The van der Waals surface area contributed by atoms with Crippen LogP contribution in [0.25, 0.3) is 17.2 Å². The molecule has 0 aliphatic carbocycles. The Balaban J connectivity index is 2.39. The van der Waals surface area contributed by atoms with Gasteiger partial charge in [0.25, 0.3) is 0 Å². The molecule has 0 fully saturated rings. The normalized spacial score (nSPS) is 11.0. The van der Waals surface area contributed by atoms with Crippen molar-refractivity contribution in [2.45, 2.75) is 33.6 Å². The highest BCUT2D eigenvalue weighted by molar-refractivity contribution is 5.97. The van der Waals surface area contributed by atoms with E-state index in [9.17, 15) is 10.1 Å². The Bertz CT molecular complexity index is 817. The van der Waals surface area contributed by atoms with Crippen LogP contribution in [-0.2, 0) is 4.79 Å². The van der Waals surface area contributed by atoms with Gasteiger partial charge in [-0.2, -0.15) is 5.26 Å². The van der Waals surface area contributed by atoms with E-state index in [0.29, 0.717) is 17.7 Å². The third-order valence-electron chi connectivity index (χ3n) is 4.11. The van der Waals surface area contributed by atoms with E-state index in [1.165, 1.54) is 0 Å². The number of unbranched alkanes of at least 4 members (excludes halogenated alkanes) is 1. The zero-order valence-corrected chi connectivity index (χ0v) is 15.0. The highest BCUT2D eigenvalue weighted by atomic mass is 16.1. The van der Waals surface area contributed by atoms with Gasteiger partial charge in [0.05, 0.1) is 11.6 Å². The number of carbonyl (C=O) groups is 1. The Hall–Kier alpha value is -2.93. The number of amides is 1. The fourth-order valence-electron chi connectivity index (χ4n) is 2.60. The lowest BCUT2D eigenvalue weighted by Crippen LogP contribution is -2.24. The van der Waals surface area contributed by atoms with Crippen LogP contribution < -0.4 is 5.32 Å². The van der Waals surface area contributed by atoms with Crippen LogP contribution in [-0.4, -0.2) is 17.4 Å². The van der Waals surface area contributed by atoms with E-state index in [1.54, 1.807) is 19.3 Å². The standard InChI is InChI=1S/C21H23N3O/c1-4-5-8-24-21(25)15(2)11-19-12-17(14-22)13-20(16(19)3)18-6-9-23-10-7-18/h6-7,9-13H,4-5,8H2,1-3H3,(H,24,25)/b15-11+. The maximum atomic E-state index is 12.2. The summed E-state index contributed by atoms with van der Waals surface area (Å²) in [5.41, 5.74) is 5.11. The lowest BCUT2D eigenvalue weighted by Gasteiger charge is -2.11. The third-order valence-corrected chi connectivity index (χ3v) is 4.11. The minimum atomic E-state index is -0.0688. The van der Waals surface area contributed by atoms with Crippen molar-refractivity contribution in [2.24, 2.45) is 0 Å². The first kappa shape index (κ1) is 18.4. The van der Waals surface area contributed by atoms with E-state index in [-0.39, 0.29) is 5.91 Å². The van der Waals surface area contributed by atoms with Crippen molar-refractivity contribution >= 4 is 12.0 Å². The van der Waals surface area contributed by atoms with Crippen molar-refractivity contribution in [3.63, 3.8) is 0 Å². The Labute approximate surface area is 149 Å². The topological polar surface area (TPSA) is 65.8 Å². The average Bonchev–Trinajstić information content (AvgIpc) is 2.64. The molecule has 0 saturated heterocycles. The maximum Gasteiger partial charge on any atom is 0.246 e. The van der Waals surface area contributed by atoms with E-state index in [2.05, 4.69) is 23.3 Å². The second kappa shape index (κ2) is 8.79. The molecule has 1 aromatic carbocycles. The van der Waals surface area contributed by atoms with Gasteiger partial charge in [-0.15, -0.1) is 0 Å². The van der Waals surface area contributed by atoms with Gasteiger partial charge in [0.1, 0.15) is 0 Å². The van der Waals surface area contributed by atoms with Gasteiger partial charge in [-0.05, 0) is 72.9 Å². The fraction of sp³-hybridized carbons (Fsp3) is 0.286. The van der Waals surface area contributed by atoms with Crippen LogP contribution in [0.4, 0.5) is 0 Å². The molecule has 4 nitrogen and oxygen atoms in total. The van der Waals surface area contributed by atoms with Gasteiger partial charge in [0.2, 0.25) is 5.91 Å². The first-order chi connectivity index (χ1) is 12.1. The zero-order valence-electron chi connectivity index (χ0n) is 15.0. The number of pyridine rings is 1. The molecule has 2 aromatic rings. The van der Waals surface area contributed by atoms with Gasteiger partial charge >= 0.3 is 0 Å². The van der Waals surface area contributed by atoms with E-state index < -0.39 is 0 Å². The number of rotatable bonds is 6. The minimum absolute atomic E-state index is 0.0688. The van der Waals surface area contributed by atoms with Crippen molar-refractivity contribution in [3.8, 4) is 17.2 Å². The van der Waals surface area contributed by atoms with Crippen LogP contribution in [0.1, 0.15) is 43.4 Å². The molecule has 0 aliphatic rings. The van der Waals surface area contributed by atoms with Crippen molar-refractivity contribution < 1.29 is 4.79 Å². The second-order valence-corrected chi connectivity index (χ2v) is 6.02. The molecule has 0 atom stereocenters. The summed E-state index contributed by atoms with van der Waals surface area (Å²) < 4.78 is 0. The summed E-state index contributed by atoms with van der Waals surface area (Å²) in [6.07, 6.45) is 7.32. The first-order valence-corrected chi connectivity index (χ1v) is 8.48. The van der Waals surface area contributed by atoms with Crippen LogP contribution in [0.2, 0.25) is 0 Å². The summed E-state index contributed by atoms with van der Waals surface area (Å²) in [6.45, 7) is 6.57. The SMILES string of the molecule is CCCCNC(=O)/C(C)=C/c1cc(C#N)cc(-c2ccncc2)c1C. The number of hydrogen-bond acceptors (Lipinski definition) is 3. The predicted molar refractivity (Wildman–Crippen MR) is 101 cm³/mol. The number of carbonyl (C=O) groups excluding carboxylic acids is 1. The molecule has 1 aromatic heterocycles. The number of benzene rings is 1. The molecule has 0 spiro atoms. The molecule has 0 unspecified atom stereocenters. The van der Waals surface area contributed by atoms with Crippen molar-refractivity contribution in [1.29, 1.82) is 5.26 Å². The Morgan fingerprint density at radius 1 is 1.32 bits per heavy atom. The van der Waals surface area contributed by atoms with Gasteiger partial charge in [-0.1, -0.05) is 13.3 Å². The highest BCUT2D eigenvalue weighted by Crippen LogP contribution is 2.28. The van der Waals surface area contributed by atoms with Crippen molar-refractivity contribution in [2.75, 3.05) is 6.54 Å². The number of aromatic nitrogens is 1. The number of nitrogens with one attached hydrogen (secondary N) is 1. The molecule has 2 rings (SSSR count). The van der Waals surface area contributed by atoms with Gasteiger partial charge in [0, 0.05) is 24.5 Å². The molecule has 0 bridgehead atoms. The molecule has 1 heterocycles. The number of nitrogens with zero attached hydrogens (tertiary/aromatic N) is 2. The smallest absolute Gasteiger partial charge is 0.246 e. The lowest BCUT2D eigenvalue weighted by molar-refractivity contribution is -0.117.